The molecule has 1 saturated heterocycles. The molecule has 0 radical (unpaired) electrons. The molecule has 4 fully saturated rings. The molecule has 1 aliphatic heterocycles. The number of ketones is 1. The molecule has 4 aliphatic carbocycles. The molecule has 1 heterocycles. The Labute approximate surface area is 176 Å². The maximum atomic E-state index is 14.4. The highest BCUT2D eigenvalue weighted by molar-refractivity contribution is 5.95. The highest BCUT2D eigenvalue weighted by Gasteiger charge is 2.83. The molecule has 7 heteroatoms. The standard InChI is InChI=1S/C23H30O7/c1-9-8-22-10(2)7-13-15(21(13,5)6)14(17(22)26)16(25)11(3)19-23(22,30-20(27)29-19)18(9)28-12(4)24/h8,10-11,13-16,18-19,25H,7H2,1-6H3/t10-,11+,13-,14?,15-,16-,18+,19?,22?,23?/m1/s1. The highest BCUT2D eigenvalue weighted by atomic mass is 16.8. The van der Waals surface area contributed by atoms with E-state index in [1.165, 1.54) is 6.92 Å². The van der Waals surface area contributed by atoms with Gasteiger partial charge in [0.1, 0.15) is 0 Å². The summed E-state index contributed by atoms with van der Waals surface area (Å²) in [6.45, 7) is 11.2. The number of aliphatic hydroxyl groups is 1. The molecule has 0 aromatic carbocycles. The average Bonchev–Trinajstić information content (AvgIpc) is 2.94. The lowest BCUT2D eigenvalue weighted by atomic mass is 9.59. The Bertz CT molecular complexity index is 890. The Kier molecular flexibility index (Phi) is 3.78. The van der Waals surface area contributed by atoms with E-state index in [0.717, 1.165) is 6.42 Å². The number of ether oxygens (including phenoxy) is 3. The van der Waals surface area contributed by atoms with Crippen LogP contribution in [0.25, 0.3) is 0 Å². The van der Waals surface area contributed by atoms with E-state index in [0.29, 0.717) is 11.5 Å². The van der Waals surface area contributed by atoms with E-state index >= 15 is 0 Å². The third kappa shape index (κ3) is 1.98. The molecule has 7 nitrogen and oxygen atoms in total. The fourth-order valence-electron chi connectivity index (χ4n) is 7.74. The van der Waals surface area contributed by atoms with Gasteiger partial charge in [-0.05, 0) is 42.1 Å². The third-order valence-corrected chi connectivity index (χ3v) is 9.09. The summed E-state index contributed by atoms with van der Waals surface area (Å²) in [6, 6.07) is 0. The van der Waals surface area contributed by atoms with Crippen LogP contribution in [0.1, 0.15) is 48.0 Å². The van der Waals surface area contributed by atoms with E-state index in [1.807, 2.05) is 13.0 Å². The number of carbonyl (C=O) groups is 3. The van der Waals surface area contributed by atoms with Crippen LogP contribution in [0.15, 0.2) is 11.6 Å². The number of fused-ring (bicyclic) bond motifs is 3. The highest BCUT2D eigenvalue weighted by Crippen LogP contribution is 2.73. The first-order chi connectivity index (χ1) is 13.9. The van der Waals surface area contributed by atoms with E-state index < -0.39 is 53.3 Å². The van der Waals surface area contributed by atoms with Crippen LogP contribution in [0.3, 0.4) is 0 Å². The Morgan fingerprint density at radius 2 is 1.93 bits per heavy atom. The number of Topliss-reactive ketones (excluding diaryl/α,β-unsaturated/α-hetero) is 1. The van der Waals surface area contributed by atoms with Gasteiger partial charge in [-0.1, -0.05) is 33.8 Å². The first kappa shape index (κ1) is 20.0. The van der Waals surface area contributed by atoms with Crippen molar-refractivity contribution in [3.05, 3.63) is 11.6 Å². The molecular weight excluding hydrogens is 388 g/mol. The number of esters is 1. The van der Waals surface area contributed by atoms with Crippen LogP contribution in [0, 0.1) is 40.4 Å². The zero-order chi connectivity index (χ0) is 22.0. The van der Waals surface area contributed by atoms with Crippen LogP contribution in [-0.2, 0) is 23.8 Å². The normalized spacial score (nSPS) is 52.6. The van der Waals surface area contributed by atoms with Gasteiger partial charge in [0.2, 0.25) is 5.60 Å². The summed E-state index contributed by atoms with van der Waals surface area (Å²) >= 11 is 0. The predicted molar refractivity (Wildman–Crippen MR) is 104 cm³/mol. The van der Waals surface area contributed by atoms with Crippen molar-refractivity contribution in [2.45, 2.75) is 71.9 Å². The second-order valence-corrected chi connectivity index (χ2v) is 10.8. The van der Waals surface area contributed by atoms with Crippen molar-refractivity contribution in [3.8, 4) is 0 Å². The molecule has 0 aromatic heterocycles. The van der Waals surface area contributed by atoms with Crippen molar-refractivity contribution < 1.29 is 33.7 Å². The van der Waals surface area contributed by atoms with Gasteiger partial charge in [-0.25, -0.2) is 4.79 Å². The number of hydrogen-bond acceptors (Lipinski definition) is 7. The predicted octanol–water partition coefficient (Wildman–Crippen LogP) is 2.65. The van der Waals surface area contributed by atoms with Crippen LogP contribution >= 0.6 is 0 Å². The first-order valence-corrected chi connectivity index (χ1v) is 10.9. The summed E-state index contributed by atoms with van der Waals surface area (Å²) in [5.74, 6) is -1.56. The van der Waals surface area contributed by atoms with E-state index in [4.69, 9.17) is 14.2 Å². The van der Waals surface area contributed by atoms with Gasteiger partial charge in [-0.3, -0.25) is 9.59 Å². The summed E-state index contributed by atoms with van der Waals surface area (Å²) in [6.07, 6.45) is -1.04. The van der Waals surface area contributed by atoms with Gasteiger partial charge in [-0.2, -0.15) is 0 Å². The van der Waals surface area contributed by atoms with Crippen LogP contribution in [0.5, 0.6) is 0 Å². The number of carbonyl (C=O) groups excluding carboxylic acids is 3. The van der Waals surface area contributed by atoms with Gasteiger partial charge in [0.25, 0.3) is 0 Å². The fourth-order valence-corrected chi connectivity index (χ4v) is 7.74. The molecule has 2 spiro atoms. The molecule has 0 amide bonds. The topological polar surface area (TPSA) is 99.1 Å². The molecule has 5 aliphatic rings. The second-order valence-electron chi connectivity index (χ2n) is 10.8. The van der Waals surface area contributed by atoms with Crippen molar-refractivity contribution >= 4 is 17.9 Å². The molecule has 30 heavy (non-hydrogen) atoms. The Morgan fingerprint density at radius 1 is 1.27 bits per heavy atom. The minimum atomic E-state index is -1.49. The summed E-state index contributed by atoms with van der Waals surface area (Å²) in [5, 5.41) is 11.4. The van der Waals surface area contributed by atoms with Crippen LogP contribution in [-0.4, -0.2) is 46.9 Å². The van der Waals surface area contributed by atoms with E-state index in [9.17, 15) is 19.5 Å². The summed E-state index contributed by atoms with van der Waals surface area (Å²) in [4.78, 5) is 38.9. The Balaban J connectivity index is 1.79. The second kappa shape index (κ2) is 5.67. The van der Waals surface area contributed by atoms with E-state index in [-0.39, 0.29) is 23.0 Å². The fraction of sp³-hybridized carbons (Fsp3) is 0.783. The maximum absolute atomic E-state index is 14.4. The number of rotatable bonds is 1. The minimum Gasteiger partial charge on any atom is -0.454 e. The molecule has 0 aromatic rings. The van der Waals surface area contributed by atoms with Gasteiger partial charge >= 0.3 is 12.1 Å². The number of hydrogen-bond donors (Lipinski definition) is 1. The SMILES string of the molecule is CC(=O)O[C@H]1C(C)=CC23C(=O)C([C@H](O)[C@H](C)C4OC(=O)OC412)[C@H]1[C@@H](C[C@H]3C)C1(C)C. The van der Waals surface area contributed by atoms with Gasteiger partial charge in [0.05, 0.1) is 11.5 Å². The van der Waals surface area contributed by atoms with Crippen LogP contribution in [0.2, 0.25) is 0 Å². The molecule has 3 saturated carbocycles. The summed E-state index contributed by atoms with van der Waals surface area (Å²) in [5.41, 5.74) is -2.04. The van der Waals surface area contributed by atoms with Crippen LogP contribution in [0.4, 0.5) is 4.79 Å². The zero-order valence-electron chi connectivity index (χ0n) is 18.3. The van der Waals surface area contributed by atoms with Crippen molar-refractivity contribution in [3.63, 3.8) is 0 Å². The quantitative estimate of drug-likeness (QED) is 0.516. The third-order valence-electron chi connectivity index (χ3n) is 9.09. The first-order valence-electron chi connectivity index (χ1n) is 10.9. The van der Waals surface area contributed by atoms with Gasteiger partial charge < -0.3 is 19.3 Å². The number of aliphatic hydroxyl groups excluding tert-OH is 1. The van der Waals surface area contributed by atoms with Gasteiger partial charge in [0.15, 0.2) is 18.0 Å². The average molecular weight is 418 g/mol. The zero-order valence-corrected chi connectivity index (χ0v) is 18.3. The van der Waals surface area contributed by atoms with Gasteiger partial charge in [-0.15, -0.1) is 0 Å². The minimum absolute atomic E-state index is 0.0340. The molecule has 10 atom stereocenters. The molecule has 4 unspecified atom stereocenters. The monoisotopic (exact) mass is 418 g/mol. The molecule has 2 bridgehead atoms. The molecular formula is C23H30O7. The summed E-state index contributed by atoms with van der Waals surface area (Å²) < 4.78 is 17.2. The Morgan fingerprint density at radius 3 is 2.57 bits per heavy atom. The Hall–Kier alpha value is -1.89. The van der Waals surface area contributed by atoms with Crippen LogP contribution < -0.4 is 0 Å². The van der Waals surface area contributed by atoms with Crippen molar-refractivity contribution in [2.24, 2.45) is 40.4 Å². The van der Waals surface area contributed by atoms with E-state index in [2.05, 4.69) is 13.8 Å². The molecule has 1 N–H and O–H groups in total. The van der Waals surface area contributed by atoms with Crippen molar-refractivity contribution in [2.75, 3.05) is 0 Å². The maximum Gasteiger partial charge on any atom is 0.509 e. The lowest BCUT2D eigenvalue weighted by Crippen LogP contribution is -2.65. The van der Waals surface area contributed by atoms with Crippen molar-refractivity contribution in [1.82, 2.24) is 0 Å². The lowest BCUT2D eigenvalue weighted by molar-refractivity contribution is -0.181. The molecule has 164 valence electrons. The molecule has 5 rings (SSSR count). The largest absolute Gasteiger partial charge is 0.509 e. The van der Waals surface area contributed by atoms with Crippen molar-refractivity contribution in [1.29, 1.82) is 0 Å². The summed E-state index contributed by atoms with van der Waals surface area (Å²) in [7, 11) is 0. The smallest absolute Gasteiger partial charge is 0.454 e. The lowest BCUT2D eigenvalue weighted by Gasteiger charge is -2.47. The van der Waals surface area contributed by atoms with E-state index in [1.54, 1.807) is 13.8 Å². The van der Waals surface area contributed by atoms with Gasteiger partial charge in [0, 0.05) is 18.8 Å².